The van der Waals surface area contributed by atoms with Crippen LogP contribution in [0.2, 0.25) is 0 Å². The average molecular weight is 457 g/mol. The standard InChI is InChI=1S/C25H39NO.BF4/c1-22(2,3)17-15-18(23(4,5)6)26-21(17)16-13-19(24(7,8)9)27-20(14-16)25(10,11)12;2-1(3,4)5/h13-15H,1-12H3;/q;-1/p+1. The second-order valence-electron chi connectivity index (χ2n) is 12.5. The van der Waals surface area contributed by atoms with Crippen LogP contribution >= 0.6 is 0 Å². The van der Waals surface area contributed by atoms with Crippen molar-refractivity contribution < 1.29 is 27.0 Å². The molecule has 0 bridgehead atoms. The van der Waals surface area contributed by atoms with E-state index in [9.17, 15) is 17.3 Å². The van der Waals surface area contributed by atoms with E-state index in [1.165, 1.54) is 22.6 Å². The van der Waals surface area contributed by atoms with Gasteiger partial charge in [-0.05, 0) is 17.6 Å². The monoisotopic (exact) mass is 457 g/mol. The first-order chi connectivity index (χ1) is 13.9. The van der Waals surface area contributed by atoms with Gasteiger partial charge in [-0.15, -0.1) is 0 Å². The molecule has 0 spiro atoms. The molecular weight excluding hydrogens is 417 g/mol. The molecule has 2 nitrogen and oxygen atoms in total. The molecule has 0 amide bonds. The fourth-order valence-corrected chi connectivity index (χ4v) is 3.06. The highest BCUT2D eigenvalue weighted by Gasteiger charge is 2.38. The highest BCUT2D eigenvalue weighted by atomic mass is 19.5. The maximum absolute atomic E-state index is 9.75. The maximum Gasteiger partial charge on any atom is 0.673 e. The van der Waals surface area contributed by atoms with E-state index in [4.69, 9.17) is 4.74 Å². The number of allylic oxidation sites excluding steroid dienone is 7. The van der Waals surface area contributed by atoms with Gasteiger partial charge in [-0.3, -0.25) is 0 Å². The minimum absolute atomic E-state index is 0.0443. The van der Waals surface area contributed by atoms with Crippen molar-refractivity contribution in [3.63, 3.8) is 0 Å². The zero-order valence-corrected chi connectivity index (χ0v) is 21.7. The van der Waals surface area contributed by atoms with Gasteiger partial charge in [0, 0.05) is 27.9 Å². The smallest absolute Gasteiger partial charge is 0.465 e. The lowest BCUT2D eigenvalue weighted by molar-refractivity contribution is -0.394. The molecule has 0 saturated heterocycles. The molecule has 2 aliphatic rings. The first-order valence-electron chi connectivity index (χ1n) is 11.0. The lowest BCUT2D eigenvalue weighted by Gasteiger charge is -2.32. The van der Waals surface area contributed by atoms with Gasteiger partial charge < -0.3 is 22.0 Å². The number of ether oxygens (including phenoxy) is 1. The molecule has 7 heteroatoms. The average Bonchev–Trinajstić information content (AvgIpc) is 2.96. The Bertz CT molecular complexity index is 837. The van der Waals surface area contributed by atoms with E-state index in [0.29, 0.717) is 0 Å². The number of rotatable bonds is 0. The molecular formula is C25H40BF4NO. The Morgan fingerprint density at radius 2 is 1.00 bits per heavy atom. The molecule has 1 N–H and O–H groups in total. The predicted octanol–water partition coefficient (Wildman–Crippen LogP) is 6.98. The third-order valence-electron chi connectivity index (χ3n) is 4.99. The van der Waals surface area contributed by atoms with Crippen molar-refractivity contribution in [2.75, 3.05) is 0 Å². The molecule has 0 aromatic carbocycles. The fourth-order valence-electron chi connectivity index (χ4n) is 3.06. The Labute approximate surface area is 191 Å². The molecule has 0 fully saturated rings. The summed E-state index contributed by atoms with van der Waals surface area (Å²) < 4.78 is 45.4. The minimum atomic E-state index is -6.00. The van der Waals surface area contributed by atoms with Crippen LogP contribution in [-0.2, 0) is 4.74 Å². The molecule has 0 aliphatic carbocycles. The van der Waals surface area contributed by atoms with E-state index in [-0.39, 0.29) is 21.7 Å². The Balaban J connectivity index is 0.000000920. The van der Waals surface area contributed by atoms with Crippen molar-refractivity contribution >= 4 is 13.0 Å². The number of hydrogen-bond acceptors (Lipinski definition) is 1. The molecule has 2 aliphatic heterocycles. The maximum atomic E-state index is 9.75. The summed E-state index contributed by atoms with van der Waals surface area (Å²) in [5.41, 5.74) is 5.13. The summed E-state index contributed by atoms with van der Waals surface area (Å²) in [6.45, 7) is 26.9. The largest absolute Gasteiger partial charge is 0.673 e. The summed E-state index contributed by atoms with van der Waals surface area (Å²) in [6, 6.07) is 0. The van der Waals surface area contributed by atoms with Crippen LogP contribution in [0.3, 0.4) is 0 Å². The van der Waals surface area contributed by atoms with E-state index in [0.717, 1.165) is 11.5 Å². The number of nitrogens with one attached hydrogen (secondary N) is 1. The first-order valence-corrected chi connectivity index (χ1v) is 11.0. The second-order valence-corrected chi connectivity index (χ2v) is 12.5. The topological polar surface area (TPSA) is 23.2 Å². The van der Waals surface area contributed by atoms with Gasteiger partial charge in [0.05, 0.1) is 5.57 Å². The fraction of sp³-hybridized carbons (Fsp3) is 0.640. The zero-order chi connectivity index (χ0) is 25.5. The van der Waals surface area contributed by atoms with E-state index < -0.39 is 7.25 Å². The van der Waals surface area contributed by atoms with Crippen LogP contribution < -0.4 is 4.99 Å². The molecule has 0 radical (unpaired) electrons. The van der Waals surface area contributed by atoms with Crippen LogP contribution in [0.5, 0.6) is 0 Å². The zero-order valence-electron chi connectivity index (χ0n) is 21.7. The molecule has 0 aromatic heterocycles. The van der Waals surface area contributed by atoms with Crippen molar-refractivity contribution in [1.29, 1.82) is 0 Å². The predicted molar refractivity (Wildman–Crippen MR) is 126 cm³/mol. The van der Waals surface area contributed by atoms with Crippen molar-refractivity contribution in [2.24, 2.45) is 21.7 Å². The Morgan fingerprint density at radius 3 is 1.28 bits per heavy atom. The minimum Gasteiger partial charge on any atom is -0.465 e. The van der Waals surface area contributed by atoms with Gasteiger partial charge in [-0.1, -0.05) is 83.1 Å². The lowest BCUT2D eigenvalue weighted by Crippen LogP contribution is -2.71. The molecule has 182 valence electrons. The van der Waals surface area contributed by atoms with Gasteiger partial charge in [-0.2, -0.15) is 0 Å². The van der Waals surface area contributed by atoms with Crippen LogP contribution in [0, 0.1) is 21.7 Å². The Morgan fingerprint density at radius 1 is 0.625 bits per heavy atom. The number of halogens is 4. The summed E-state index contributed by atoms with van der Waals surface area (Å²) in [4.78, 5) is 3.76. The highest BCUT2D eigenvalue weighted by molar-refractivity contribution is 6.50. The van der Waals surface area contributed by atoms with Gasteiger partial charge in [0.15, 0.2) is 5.71 Å². The van der Waals surface area contributed by atoms with Crippen LogP contribution in [-0.4, -0.2) is 13.0 Å². The summed E-state index contributed by atoms with van der Waals surface area (Å²) in [5, 5.41) is 0. The van der Waals surface area contributed by atoms with Gasteiger partial charge in [0.2, 0.25) is 5.70 Å². The van der Waals surface area contributed by atoms with Crippen molar-refractivity contribution in [3.8, 4) is 0 Å². The number of hydrogen-bond donors (Lipinski definition) is 1. The van der Waals surface area contributed by atoms with E-state index >= 15 is 0 Å². The van der Waals surface area contributed by atoms with E-state index in [1.54, 1.807) is 0 Å². The summed E-state index contributed by atoms with van der Waals surface area (Å²) in [7, 11) is -6.00. The molecule has 0 atom stereocenters. The van der Waals surface area contributed by atoms with Gasteiger partial charge in [0.25, 0.3) is 0 Å². The Hall–Kier alpha value is -1.79. The highest BCUT2D eigenvalue weighted by Crippen LogP contribution is 2.41. The molecule has 0 unspecified atom stereocenters. The van der Waals surface area contributed by atoms with Crippen molar-refractivity contribution in [2.45, 2.75) is 83.1 Å². The third kappa shape index (κ3) is 8.29. The molecule has 32 heavy (non-hydrogen) atoms. The first kappa shape index (κ1) is 28.2. The summed E-state index contributed by atoms with van der Waals surface area (Å²) in [6.07, 6.45) is 6.80. The third-order valence-corrected chi connectivity index (χ3v) is 4.99. The molecule has 2 heterocycles. The molecule has 0 saturated carbocycles. The van der Waals surface area contributed by atoms with Crippen LogP contribution in [0.4, 0.5) is 17.3 Å². The Kier molecular flexibility index (Phi) is 7.83. The van der Waals surface area contributed by atoms with Crippen molar-refractivity contribution in [1.82, 2.24) is 0 Å². The second kappa shape index (κ2) is 8.87. The molecule has 0 aromatic rings. The van der Waals surface area contributed by atoms with Gasteiger partial charge in [-0.25, -0.2) is 4.99 Å². The summed E-state index contributed by atoms with van der Waals surface area (Å²) in [5.74, 6) is 2.05. The van der Waals surface area contributed by atoms with E-state index in [2.05, 4.69) is 106 Å². The quantitative estimate of drug-likeness (QED) is 0.308. The van der Waals surface area contributed by atoms with Crippen LogP contribution in [0.1, 0.15) is 83.1 Å². The van der Waals surface area contributed by atoms with Crippen LogP contribution in [0.15, 0.2) is 46.6 Å². The van der Waals surface area contributed by atoms with Crippen LogP contribution in [0.25, 0.3) is 0 Å². The SMILES string of the molecule is CC(C)(C)C1=CC(=C2[NH+]=C(C(C)(C)C)C=C2C(C)(C)C)C=C(C(C)(C)C)O1.F[B-](F)(F)F. The lowest BCUT2D eigenvalue weighted by atomic mass is 9.80. The van der Waals surface area contributed by atoms with Gasteiger partial charge in [0.1, 0.15) is 11.5 Å². The van der Waals surface area contributed by atoms with Gasteiger partial charge >= 0.3 is 7.25 Å². The van der Waals surface area contributed by atoms with Crippen molar-refractivity contribution in [3.05, 3.63) is 46.6 Å². The summed E-state index contributed by atoms with van der Waals surface area (Å²) >= 11 is 0. The van der Waals surface area contributed by atoms with E-state index in [1.807, 2.05) is 0 Å². The molecule has 2 rings (SSSR count). The normalized spacial score (nSPS) is 18.2.